The van der Waals surface area contributed by atoms with Gasteiger partial charge in [-0.15, -0.1) is 0 Å². The average Bonchev–Trinajstić information content (AvgIpc) is 2.61. The molecule has 0 aliphatic carbocycles. The van der Waals surface area contributed by atoms with Crippen LogP contribution >= 0.6 is 12.2 Å². The van der Waals surface area contributed by atoms with Crippen LogP contribution in [0.1, 0.15) is 25.0 Å². The second-order valence-electron chi connectivity index (χ2n) is 5.19. The molecule has 1 fully saturated rings. The van der Waals surface area contributed by atoms with Gasteiger partial charge >= 0.3 is 5.97 Å². The molecule has 1 saturated heterocycles. The Bertz CT molecular complexity index is 529. The summed E-state index contributed by atoms with van der Waals surface area (Å²) in [5, 5.41) is 6.68. The molecule has 1 aliphatic heterocycles. The molecule has 0 saturated carbocycles. The average molecular weight is 278 g/mol. The molecule has 0 unspecified atom stereocenters. The minimum absolute atomic E-state index is 0.345. The first-order valence-electron chi connectivity index (χ1n) is 6.09. The van der Waals surface area contributed by atoms with Crippen LogP contribution in [0.15, 0.2) is 24.3 Å². The number of carbonyl (C=O) groups excluding carboxylic acids is 1. The fourth-order valence-corrected chi connectivity index (χ4v) is 2.85. The van der Waals surface area contributed by atoms with Gasteiger partial charge in [0.25, 0.3) is 0 Å². The standard InChI is InChI=1S/C14H18N2O2S/c1-9-5-7-10(8-6-9)13(2)14(3,11(17)18-4)16-12(19)15-13/h5-8H,1-4H3,(H2,15,16,19)/t13-,14-/m1/s1. The Kier molecular flexibility index (Phi) is 3.26. The summed E-state index contributed by atoms with van der Waals surface area (Å²) in [6.07, 6.45) is 0. The molecule has 0 bridgehead atoms. The van der Waals surface area contributed by atoms with Gasteiger partial charge in [-0.3, -0.25) is 0 Å². The van der Waals surface area contributed by atoms with Crippen LogP contribution < -0.4 is 10.6 Å². The van der Waals surface area contributed by atoms with Gasteiger partial charge in [-0.2, -0.15) is 0 Å². The number of methoxy groups -OCH3 is 1. The summed E-state index contributed by atoms with van der Waals surface area (Å²) >= 11 is 5.18. The number of ether oxygens (including phenoxy) is 1. The Morgan fingerprint density at radius 1 is 1.21 bits per heavy atom. The molecule has 2 N–H and O–H groups in total. The quantitative estimate of drug-likeness (QED) is 0.636. The zero-order valence-corrected chi connectivity index (χ0v) is 12.4. The molecular formula is C14H18N2O2S. The first-order chi connectivity index (χ1) is 8.83. The third-order valence-electron chi connectivity index (χ3n) is 3.95. The summed E-state index contributed by atoms with van der Waals surface area (Å²) in [4.78, 5) is 12.2. The number of benzene rings is 1. The van der Waals surface area contributed by atoms with Crippen molar-refractivity contribution >= 4 is 23.3 Å². The van der Waals surface area contributed by atoms with E-state index < -0.39 is 11.1 Å². The molecule has 0 aromatic heterocycles. The zero-order valence-electron chi connectivity index (χ0n) is 11.5. The number of hydrogen-bond acceptors (Lipinski definition) is 3. The smallest absolute Gasteiger partial charge is 0.334 e. The highest BCUT2D eigenvalue weighted by atomic mass is 32.1. The number of esters is 1. The normalized spacial score (nSPS) is 29.6. The summed E-state index contributed by atoms with van der Waals surface area (Å²) in [7, 11) is 1.38. The van der Waals surface area contributed by atoms with Gasteiger partial charge in [0, 0.05) is 0 Å². The first-order valence-corrected chi connectivity index (χ1v) is 6.50. The number of carbonyl (C=O) groups is 1. The van der Waals surface area contributed by atoms with E-state index in [0.717, 1.165) is 5.56 Å². The van der Waals surface area contributed by atoms with E-state index >= 15 is 0 Å². The highest BCUT2D eigenvalue weighted by molar-refractivity contribution is 7.80. The molecular weight excluding hydrogens is 260 g/mol. The van der Waals surface area contributed by atoms with E-state index in [2.05, 4.69) is 10.6 Å². The molecule has 5 heteroatoms. The van der Waals surface area contributed by atoms with E-state index in [-0.39, 0.29) is 5.97 Å². The second kappa shape index (κ2) is 4.49. The summed E-state index contributed by atoms with van der Waals surface area (Å²) in [5.41, 5.74) is 0.567. The van der Waals surface area contributed by atoms with Crippen molar-refractivity contribution in [1.82, 2.24) is 10.6 Å². The van der Waals surface area contributed by atoms with Crippen LogP contribution in [0, 0.1) is 6.92 Å². The maximum atomic E-state index is 12.2. The number of hydrogen-bond donors (Lipinski definition) is 2. The van der Waals surface area contributed by atoms with Crippen LogP contribution in [-0.2, 0) is 15.1 Å². The molecule has 0 radical (unpaired) electrons. The van der Waals surface area contributed by atoms with Gasteiger partial charge in [0.05, 0.1) is 12.6 Å². The number of aryl methyl sites for hydroxylation is 1. The molecule has 19 heavy (non-hydrogen) atoms. The summed E-state index contributed by atoms with van der Waals surface area (Å²) in [5.74, 6) is -0.345. The fraction of sp³-hybridized carbons (Fsp3) is 0.429. The van der Waals surface area contributed by atoms with Gasteiger partial charge in [0.2, 0.25) is 0 Å². The number of nitrogens with one attached hydrogen (secondary N) is 2. The third-order valence-corrected chi connectivity index (χ3v) is 4.15. The Hall–Kier alpha value is -1.62. The van der Waals surface area contributed by atoms with Gasteiger partial charge in [-0.25, -0.2) is 4.79 Å². The van der Waals surface area contributed by atoms with Gasteiger partial charge in [-0.1, -0.05) is 29.8 Å². The van der Waals surface area contributed by atoms with E-state index in [9.17, 15) is 4.79 Å². The van der Waals surface area contributed by atoms with Crippen molar-refractivity contribution in [2.75, 3.05) is 7.11 Å². The maximum Gasteiger partial charge on any atom is 0.334 e. The Labute approximate surface area is 118 Å². The van der Waals surface area contributed by atoms with E-state index in [0.29, 0.717) is 5.11 Å². The van der Waals surface area contributed by atoms with Crippen molar-refractivity contribution in [3.8, 4) is 0 Å². The van der Waals surface area contributed by atoms with Gasteiger partial charge in [-0.05, 0) is 38.6 Å². The van der Waals surface area contributed by atoms with E-state index in [1.54, 1.807) is 6.92 Å². The minimum Gasteiger partial charge on any atom is -0.467 e. The molecule has 4 nitrogen and oxygen atoms in total. The molecule has 1 aromatic rings. The molecule has 2 rings (SSSR count). The molecule has 1 heterocycles. The molecule has 0 amide bonds. The monoisotopic (exact) mass is 278 g/mol. The number of thiocarbonyl (C=S) groups is 1. The zero-order chi connectivity index (χ0) is 14.3. The Balaban J connectivity index is 2.53. The predicted octanol–water partition coefficient (Wildman–Crippen LogP) is 1.62. The van der Waals surface area contributed by atoms with Crippen LogP contribution in [0.3, 0.4) is 0 Å². The Morgan fingerprint density at radius 2 is 1.79 bits per heavy atom. The van der Waals surface area contributed by atoms with Crippen LogP contribution in [0.5, 0.6) is 0 Å². The van der Waals surface area contributed by atoms with Crippen LogP contribution in [0.4, 0.5) is 0 Å². The van der Waals surface area contributed by atoms with Crippen LogP contribution in [0.2, 0.25) is 0 Å². The highest BCUT2D eigenvalue weighted by Crippen LogP contribution is 2.37. The van der Waals surface area contributed by atoms with Crippen molar-refractivity contribution in [1.29, 1.82) is 0 Å². The third kappa shape index (κ3) is 1.98. The second-order valence-corrected chi connectivity index (χ2v) is 5.59. The summed E-state index contributed by atoms with van der Waals surface area (Å²) in [6, 6.07) is 8.03. The van der Waals surface area contributed by atoms with E-state index in [1.165, 1.54) is 12.7 Å². The minimum atomic E-state index is -0.936. The lowest BCUT2D eigenvalue weighted by atomic mass is 9.75. The highest BCUT2D eigenvalue weighted by Gasteiger charge is 2.57. The van der Waals surface area contributed by atoms with Crippen molar-refractivity contribution in [2.45, 2.75) is 31.8 Å². The maximum absolute atomic E-state index is 12.2. The van der Waals surface area contributed by atoms with Crippen LogP contribution in [0.25, 0.3) is 0 Å². The van der Waals surface area contributed by atoms with E-state index in [4.69, 9.17) is 17.0 Å². The van der Waals surface area contributed by atoms with Crippen molar-refractivity contribution in [2.24, 2.45) is 0 Å². The molecule has 102 valence electrons. The first kappa shape index (κ1) is 13.8. The molecule has 1 aromatic carbocycles. The molecule has 2 atom stereocenters. The number of rotatable bonds is 2. The lowest BCUT2D eigenvalue weighted by Crippen LogP contribution is -2.59. The van der Waals surface area contributed by atoms with Crippen LogP contribution in [-0.4, -0.2) is 23.7 Å². The predicted molar refractivity (Wildman–Crippen MR) is 77.8 cm³/mol. The topological polar surface area (TPSA) is 50.4 Å². The van der Waals surface area contributed by atoms with E-state index in [1.807, 2.05) is 38.1 Å². The lowest BCUT2D eigenvalue weighted by molar-refractivity contribution is -0.149. The van der Waals surface area contributed by atoms with Crippen molar-refractivity contribution in [3.63, 3.8) is 0 Å². The van der Waals surface area contributed by atoms with Gasteiger partial charge < -0.3 is 15.4 Å². The Morgan fingerprint density at radius 3 is 2.32 bits per heavy atom. The van der Waals surface area contributed by atoms with Crippen molar-refractivity contribution in [3.05, 3.63) is 35.4 Å². The molecule has 0 spiro atoms. The SMILES string of the molecule is COC(=O)[C@@]1(C)NC(=S)N[C@]1(C)c1ccc(C)cc1. The molecule has 1 aliphatic rings. The summed E-state index contributed by atoms with van der Waals surface area (Å²) in [6.45, 7) is 5.77. The van der Waals surface area contributed by atoms with Gasteiger partial charge in [0.1, 0.15) is 0 Å². The lowest BCUT2D eigenvalue weighted by Gasteiger charge is -2.37. The summed E-state index contributed by atoms with van der Waals surface area (Å²) < 4.78 is 4.93. The largest absolute Gasteiger partial charge is 0.467 e. The van der Waals surface area contributed by atoms with Gasteiger partial charge in [0.15, 0.2) is 10.7 Å². The fourth-order valence-electron chi connectivity index (χ4n) is 2.44. The van der Waals surface area contributed by atoms with Crippen molar-refractivity contribution < 1.29 is 9.53 Å².